The van der Waals surface area contributed by atoms with Crippen molar-refractivity contribution in [2.24, 2.45) is 0 Å². The van der Waals surface area contributed by atoms with Crippen LogP contribution in [0.25, 0.3) is 42.5 Å². The third kappa shape index (κ3) is 1.92. The second-order valence-corrected chi connectivity index (χ2v) is 6.48. The van der Waals surface area contributed by atoms with Crippen molar-refractivity contribution in [3.63, 3.8) is 0 Å². The zero-order valence-corrected chi connectivity index (χ0v) is 12.9. The first-order valence-corrected chi connectivity index (χ1v) is 8.19. The Morgan fingerprint density at radius 1 is 0.739 bits per heavy atom. The third-order valence-electron chi connectivity index (χ3n) is 4.04. The molecule has 0 N–H and O–H groups in total. The number of para-hydroxylation sites is 1. The SMILES string of the molecule is c1cc(-c2cc3c(cn2)sc2ccccc23)c2nccnc2c1. The number of benzene rings is 2. The summed E-state index contributed by atoms with van der Waals surface area (Å²) in [5.41, 5.74) is 3.74. The largest absolute Gasteiger partial charge is 0.255 e. The fourth-order valence-corrected chi connectivity index (χ4v) is 4.03. The van der Waals surface area contributed by atoms with Crippen molar-refractivity contribution in [2.75, 3.05) is 0 Å². The molecule has 0 aliphatic heterocycles. The highest BCUT2D eigenvalue weighted by Gasteiger charge is 2.10. The van der Waals surface area contributed by atoms with Crippen molar-refractivity contribution < 1.29 is 0 Å². The van der Waals surface area contributed by atoms with Gasteiger partial charge in [0, 0.05) is 39.6 Å². The minimum atomic E-state index is 0.890. The van der Waals surface area contributed by atoms with Crippen LogP contribution in [0, 0.1) is 0 Å². The normalized spacial score (nSPS) is 11.5. The van der Waals surface area contributed by atoms with Crippen molar-refractivity contribution in [3.8, 4) is 11.3 Å². The molecule has 0 saturated heterocycles. The lowest BCUT2D eigenvalue weighted by Gasteiger charge is -2.04. The van der Waals surface area contributed by atoms with Gasteiger partial charge in [0.25, 0.3) is 0 Å². The van der Waals surface area contributed by atoms with E-state index in [1.54, 1.807) is 23.7 Å². The average Bonchev–Trinajstić information content (AvgIpc) is 2.99. The molecule has 0 bridgehead atoms. The lowest BCUT2D eigenvalue weighted by molar-refractivity contribution is 1.28. The molecular weight excluding hydrogens is 302 g/mol. The Balaban J connectivity index is 1.84. The van der Waals surface area contributed by atoms with E-state index in [0.717, 1.165) is 22.3 Å². The van der Waals surface area contributed by atoms with E-state index in [1.165, 1.54) is 20.2 Å². The van der Waals surface area contributed by atoms with Crippen molar-refractivity contribution in [1.82, 2.24) is 15.0 Å². The highest BCUT2D eigenvalue weighted by molar-refractivity contribution is 7.25. The molecule has 3 aromatic heterocycles. The van der Waals surface area contributed by atoms with Crippen LogP contribution >= 0.6 is 11.3 Å². The summed E-state index contributed by atoms with van der Waals surface area (Å²) in [4.78, 5) is 13.5. The number of fused-ring (bicyclic) bond motifs is 4. The molecule has 0 saturated carbocycles. The van der Waals surface area contributed by atoms with E-state index < -0.39 is 0 Å². The van der Waals surface area contributed by atoms with E-state index in [9.17, 15) is 0 Å². The van der Waals surface area contributed by atoms with E-state index >= 15 is 0 Å². The predicted molar refractivity (Wildman–Crippen MR) is 95.7 cm³/mol. The first-order chi connectivity index (χ1) is 11.4. The molecule has 5 rings (SSSR count). The van der Waals surface area contributed by atoms with Crippen LogP contribution in [0.2, 0.25) is 0 Å². The molecule has 5 aromatic rings. The second kappa shape index (κ2) is 4.83. The van der Waals surface area contributed by atoms with Crippen LogP contribution in [0.3, 0.4) is 0 Å². The summed E-state index contributed by atoms with van der Waals surface area (Å²) in [6.07, 6.45) is 5.41. The van der Waals surface area contributed by atoms with Crippen LogP contribution in [0.4, 0.5) is 0 Å². The molecule has 0 aliphatic rings. The number of nitrogens with zero attached hydrogens (tertiary/aromatic N) is 3. The summed E-state index contributed by atoms with van der Waals surface area (Å²) in [5.74, 6) is 0. The maximum atomic E-state index is 4.67. The van der Waals surface area contributed by atoms with E-state index in [4.69, 9.17) is 0 Å². The molecule has 0 amide bonds. The molecule has 0 fully saturated rings. The van der Waals surface area contributed by atoms with E-state index in [-0.39, 0.29) is 0 Å². The molecule has 0 unspecified atom stereocenters. The van der Waals surface area contributed by atoms with Crippen molar-refractivity contribution in [1.29, 1.82) is 0 Å². The zero-order chi connectivity index (χ0) is 15.2. The van der Waals surface area contributed by atoms with Crippen molar-refractivity contribution in [2.45, 2.75) is 0 Å². The topological polar surface area (TPSA) is 38.7 Å². The first kappa shape index (κ1) is 12.7. The Kier molecular flexibility index (Phi) is 2.66. The zero-order valence-electron chi connectivity index (χ0n) is 12.1. The molecule has 23 heavy (non-hydrogen) atoms. The predicted octanol–water partition coefficient (Wildman–Crippen LogP) is 5.06. The summed E-state index contributed by atoms with van der Waals surface area (Å²) in [5, 5.41) is 2.53. The van der Waals surface area contributed by atoms with Crippen LogP contribution < -0.4 is 0 Å². The van der Waals surface area contributed by atoms with Gasteiger partial charge in [-0.1, -0.05) is 30.3 Å². The molecule has 3 nitrogen and oxygen atoms in total. The number of aromatic nitrogens is 3. The van der Waals surface area contributed by atoms with E-state index in [0.29, 0.717) is 0 Å². The number of hydrogen-bond donors (Lipinski definition) is 0. The fraction of sp³-hybridized carbons (Fsp3) is 0. The molecular formula is C19H11N3S. The van der Waals surface area contributed by atoms with Gasteiger partial charge in [-0.15, -0.1) is 11.3 Å². The highest BCUT2D eigenvalue weighted by Crippen LogP contribution is 2.35. The van der Waals surface area contributed by atoms with Gasteiger partial charge >= 0.3 is 0 Å². The molecule has 0 aliphatic carbocycles. The van der Waals surface area contributed by atoms with Gasteiger partial charge in [-0.3, -0.25) is 15.0 Å². The third-order valence-corrected chi connectivity index (χ3v) is 5.16. The van der Waals surface area contributed by atoms with Gasteiger partial charge in [0.1, 0.15) is 0 Å². The summed E-state index contributed by atoms with van der Waals surface area (Å²) < 4.78 is 2.50. The summed E-state index contributed by atoms with van der Waals surface area (Å²) in [7, 11) is 0. The average molecular weight is 313 g/mol. The van der Waals surface area contributed by atoms with E-state index in [1.807, 2.05) is 18.3 Å². The second-order valence-electron chi connectivity index (χ2n) is 5.39. The monoisotopic (exact) mass is 313 g/mol. The Hall–Kier alpha value is -2.85. The first-order valence-electron chi connectivity index (χ1n) is 7.37. The lowest BCUT2D eigenvalue weighted by atomic mass is 10.1. The van der Waals surface area contributed by atoms with Crippen molar-refractivity contribution >= 4 is 42.5 Å². The van der Waals surface area contributed by atoms with Gasteiger partial charge in [0.2, 0.25) is 0 Å². The molecule has 0 radical (unpaired) electrons. The molecule has 2 aromatic carbocycles. The maximum Gasteiger partial charge on any atom is 0.0980 e. The molecule has 0 atom stereocenters. The standard InChI is InChI=1S/C19H11N3S/c1-2-7-17-12(4-1)14-10-16(22-11-18(14)23-17)13-5-3-6-15-19(13)21-9-8-20-15/h1-11H. The minimum Gasteiger partial charge on any atom is -0.255 e. The molecule has 4 heteroatoms. The van der Waals surface area contributed by atoms with Gasteiger partial charge < -0.3 is 0 Å². The molecule has 3 heterocycles. The summed E-state index contributed by atoms with van der Waals surface area (Å²) in [6.45, 7) is 0. The highest BCUT2D eigenvalue weighted by atomic mass is 32.1. The van der Waals surface area contributed by atoms with Crippen LogP contribution in [-0.2, 0) is 0 Å². The Bertz CT molecular complexity index is 1170. The van der Waals surface area contributed by atoms with Crippen LogP contribution in [0.5, 0.6) is 0 Å². The number of thiophene rings is 1. The van der Waals surface area contributed by atoms with Gasteiger partial charge in [-0.2, -0.15) is 0 Å². The van der Waals surface area contributed by atoms with Crippen LogP contribution in [0.15, 0.2) is 67.1 Å². The van der Waals surface area contributed by atoms with E-state index in [2.05, 4.69) is 51.4 Å². The number of pyridine rings is 1. The minimum absolute atomic E-state index is 0.890. The molecule has 0 spiro atoms. The van der Waals surface area contributed by atoms with Gasteiger partial charge in [0.05, 0.1) is 21.4 Å². The summed E-state index contributed by atoms with van der Waals surface area (Å²) in [6, 6.07) is 16.7. The van der Waals surface area contributed by atoms with Gasteiger partial charge in [0.15, 0.2) is 0 Å². The van der Waals surface area contributed by atoms with Crippen molar-refractivity contribution in [3.05, 3.63) is 67.1 Å². The Morgan fingerprint density at radius 2 is 1.65 bits per heavy atom. The quantitative estimate of drug-likeness (QED) is 0.434. The fourth-order valence-electron chi connectivity index (χ4n) is 2.98. The number of hydrogen-bond acceptors (Lipinski definition) is 4. The number of rotatable bonds is 1. The van der Waals surface area contributed by atoms with Gasteiger partial charge in [-0.25, -0.2) is 0 Å². The Morgan fingerprint density at radius 3 is 2.65 bits per heavy atom. The smallest absolute Gasteiger partial charge is 0.0980 e. The van der Waals surface area contributed by atoms with Gasteiger partial charge in [-0.05, 0) is 18.2 Å². The lowest BCUT2D eigenvalue weighted by Crippen LogP contribution is -1.88. The van der Waals surface area contributed by atoms with Crippen LogP contribution in [0.1, 0.15) is 0 Å². The Labute approximate surface area is 136 Å². The maximum absolute atomic E-state index is 4.67. The molecule has 108 valence electrons. The summed E-state index contributed by atoms with van der Waals surface area (Å²) >= 11 is 1.78. The van der Waals surface area contributed by atoms with Crippen LogP contribution in [-0.4, -0.2) is 15.0 Å².